The molecule has 51 heavy (non-hydrogen) atoms. The van der Waals surface area contributed by atoms with E-state index in [1.807, 2.05) is 0 Å². The molecular formula is C28H46N8NiO14. The number of nitro groups is 2. The molecule has 2 aromatic carbocycles. The van der Waals surface area contributed by atoms with E-state index in [0.717, 1.165) is 53.5 Å². The third-order valence-electron chi connectivity index (χ3n) is 6.06. The molecule has 0 saturated heterocycles. The summed E-state index contributed by atoms with van der Waals surface area (Å²) in [5.74, 6) is -0.492. The summed E-state index contributed by atoms with van der Waals surface area (Å²) in [6.07, 6.45) is 2.86. The molecular weight excluding hydrogens is 731 g/mol. The van der Waals surface area contributed by atoms with Gasteiger partial charge in [-0.3, -0.25) is 30.2 Å². The molecule has 0 aliphatic carbocycles. The van der Waals surface area contributed by atoms with Crippen LogP contribution >= 0.6 is 0 Å². The van der Waals surface area contributed by atoms with Gasteiger partial charge in [-0.2, -0.15) is 0 Å². The standard InChI is InChI=1S/2C13H19N3O3.2CH4O.2NO3.Ni/c2*1-3-15(4-2)8-7-14-10-11-9-12(16(18)19)5-6-13(11)17;2*1-2;2*2-1(3)4;/h2*5-6,9-10,17H,3-4,7-8H2,1-2H3;2*2H,1H3;;;/q;;;;2*-1;+2. The van der Waals surface area contributed by atoms with Gasteiger partial charge >= 0.3 is 16.5 Å². The molecule has 0 aliphatic heterocycles. The van der Waals surface area contributed by atoms with Crippen LogP contribution < -0.4 is 20.0 Å². The Bertz CT molecular complexity index is 1190. The molecule has 0 bridgehead atoms. The van der Waals surface area contributed by atoms with Crippen LogP contribution in [0.4, 0.5) is 11.4 Å². The first-order valence-corrected chi connectivity index (χ1v) is 14.7. The van der Waals surface area contributed by atoms with Crippen LogP contribution in [0.1, 0.15) is 38.8 Å². The molecule has 2 rings (SSSR count). The van der Waals surface area contributed by atoms with Crippen LogP contribution in [0.15, 0.2) is 46.4 Å². The minimum atomic E-state index is -1.75. The number of hydrogen-bond donors (Lipinski definition) is 4. The van der Waals surface area contributed by atoms with Gasteiger partial charge in [0.1, 0.15) is 0 Å². The van der Waals surface area contributed by atoms with E-state index >= 15 is 0 Å². The Morgan fingerprint density at radius 3 is 1.06 bits per heavy atom. The van der Waals surface area contributed by atoms with E-state index in [0.29, 0.717) is 13.1 Å². The molecule has 292 valence electrons. The van der Waals surface area contributed by atoms with Crippen molar-refractivity contribution in [3.63, 3.8) is 0 Å². The van der Waals surface area contributed by atoms with Gasteiger partial charge in [0.25, 0.3) is 11.4 Å². The van der Waals surface area contributed by atoms with E-state index in [9.17, 15) is 30.4 Å². The van der Waals surface area contributed by atoms with Crippen LogP contribution in [0, 0.1) is 50.9 Å². The van der Waals surface area contributed by atoms with Crippen molar-refractivity contribution >= 4 is 23.8 Å². The summed E-state index contributed by atoms with van der Waals surface area (Å²) >= 11 is 0. The zero-order chi connectivity index (χ0) is 39.7. The second-order valence-electron chi connectivity index (χ2n) is 8.89. The Morgan fingerprint density at radius 2 is 0.843 bits per heavy atom. The van der Waals surface area contributed by atoms with Crippen LogP contribution in [0.25, 0.3) is 0 Å². The maximum Gasteiger partial charge on any atom is 2.00 e. The summed E-state index contributed by atoms with van der Waals surface area (Å²) in [5.41, 5.74) is 0.360. The third kappa shape index (κ3) is 31.9. The summed E-state index contributed by atoms with van der Waals surface area (Å²) < 4.78 is 0. The number of non-ortho nitro benzene ring substituents is 2. The second-order valence-corrected chi connectivity index (χ2v) is 8.89. The van der Waals surface area contributed by atoms with E-state index in [1.54, 1.807) is 0 Å². The minimum Gasteiger partial charge on any atom is -0.872 e. The largest absolute Gasteiger partial charge is 2.00 e. The van der Waals surface area contributed by atoms with Crippen molar-refractivity contribution in [2.45, 2.75) is 27.7 Å². The predicted molar refractivity (Wildman–Crippen MR) is 181 cm³/mol. The zero-order valence-corrected chi connectivity index (χ0v) is 30.1. The SMILES string of the molecule is CC[NH+](CC)CCN=Cc1cc([N+](=O)[O-])ccc1[O-].CC[NH+](CC)CCN=Cc1cc([N+](=O)[O-])ccc1[O-].CO.CO.O=[N+]([O-])[O-].O=[N+]([O-])[O-].[Ni+2]. The molecule has 0 aromatic heterocycles. The van der Waals surface area contributed by atoms with Crippen molar-refractivity contribution in [1.82, 2.24) is 0 Å². The van der Waals surface area contributed by atoms with E-state index in [4.69, 9.17) is 40.9 Å². The Morgan fingerprint density at radius 1 is 0.588 bits per heavy atom. The number of quaternary nitrogens is 2. The summed E-state index contributed by atoms with van der Waals surface area (Å²) in [5, 5.41) is 87.8. The van der Waals surface area contributed by atoms with Gasteiger partial charge in [-0.25, -0.2) is 0 Å². The summed E-state index contributed by atoms with van der Waals surface area (Å²) in [6.45, 7) is 15.6. The van der Waals surface area contributed by atoms with Gasteiger partial charge in [-0.15, -0.1) is 0 Å². The first kappa shape index (κ1) is 55.3. The van der Waals surface area contributed by atoms with Crippen LogP contribution in [-0.4, -0.2) is 109 Å². The molecule has 0 aliphatic rings. The van der Waals surface area contributed by atoms with Gasteiger partial charge in [0.15, 0.2) is 0 Å². The molecule has 4 N–H and O–H groups in total. The number of nitro benzene ring substituents is 2. The number of rotatable bonds is 14. The van der Waals surface area contributed by atoms with Crippen molar-refractivity contribution in [2.75, 3.05) is 66.6 Å². The zero-order valence-electron chi connectivity index (χ0n) is 29.1. The topological polar surface area (TPSA) is 339 Å². The Kier molecular flexibility index (Phi) is 39.3. The van der Waals surface area contributed by atoms with Gasteiger partial charge in [-0.1, -0.05) is 23.6 Å². The number of aliphatic hydroxyl groups excluding tert-OH is 2. The number of nitrogens with zero attached hydrogens (tertiary/aromatic N) is 6. The maximum absolute atomic E-state index is 11.5. The second kappa shape index (κ2) is 36.2. The van der Waals surface area contributed by atoms with Gasteiger partial charge < -0.3 is 60.9 Å². The normalized spacial score (nSPS) is 9.61. The fourth-order valence-electron chi connectivity index (χ4n) is 3.48. The van der Waals surface area contributed by atoms with Gasteiger partial charge in [0.05, 0.1) is 72.4 Å². The molecule has 0 saturated carbocycles. The van der Waals surface area contributed by atoms with Crippen molar-refractivity contribution in [2.24, 2.45) is 9.98 Å². The van der Waals surface area contributed by atoms with Gasteiger partial charge in [0, 0.05) is 50.9 Å². The molecule has 0 atom stereocenters. The molecule has 22 nitrogen and oxygen atoms in total. The number of aliphatic hydroxyl groups is 2. The van der Waals surface area contributed by atoms with Crippen molar-refractivity contribution in [3.8, 4) is 11.5 Å². The monoisotopic (exact) mass is 776 g/mol. The Balaban J connectivity index is -0.000000208. The van der Waals surface area contributed by atoms with Gasteiger partial charge in [0.2, 0.25) is 0 Å². The Hall–Kier alpha value is -5.09. The summed E-state index contributed by atoms with van der Waals surface area (Å²) in [7, 11) is 2.00. The average Bonchev–Trinajstić information content (AvgIpc) is 3.07. The average molecular weight is 777 g/mol. The molecule has 0 amide bonds. The van der Waals surface area contributed by atoms with Crippen LogP contribution in [-0.2, 0) is 16.5 Å². The first-order valence-electron chi connectivity index (χ1n) is 14.7. The van der Waals surface area contributed by atoms with Crippen LogP contribution in [0.3, 0.4) is 0 Å². The Labute approximate surface area is 304 Å². The molecule has 2 aromatic rings. The summed E-state index contributed by atoms with van der Waals surface area (Å²) in [6, 6.07) is 7.34. The fourth-order valence-corrected chi connectivity index (χ4v) is 3.48. The van der Waals surface area contributed by atoms with Crippen molar-refractivity contribution in [1.29, 1.82) is 0 Å². The van der Waals surface area contributed by atoms with Crippen LogP contribution in [0.2, 0.25) is 0 Å². The molecule has 0 heterocycles. The molecule has 0 fully saturated rings. The molecule has 0 spiro atoms. The molecule has 23 heteroatoms. The van der Waals surface area contributed by atoms with E-state index in [2.05, 4.69) is 37.7 Å². The predicted octanol–water partition coefficient (Wildman–Crippen LogP) is -1.24. The summed E-state index contributed by atoms with van der Waals surface area (Å²) in [4.78, 5) is 47.9. The van der Waals surface area contributed by atoms with Crippen molar-refractivity contribution in [3.05, 3.63) is 98.4 Å². The number of hydrogen-bond acceptors (Lipinski definition) is 16. The van der Waals surface area contributed by atoms with E-state index < -0.39 is 20.0 Å². The fraction of sp³-hybridized carbons (Fsp3) is 0.500. The quantitative estimate of drug-likeness (QED) is 0.0755. The van der Waals surface area contributed by atoms with E-state index in [-0.39, 0.29) is 50.5 Å². The third-order valence-corrected chi connectivity index (χ3v) is 6.06. The number of nitrogens with one attached hydrogen (secondary N) is 2. The smallest absolute Gasteiger partial charge is 0.872 e. The van der Waals surface area contributed by atoms with Crippen LogP contribution in [0.5, 0.6) is 11.5 Å². The van der Waals surface area contributed by atoms with Crippen molar-refractivity contribution < 1.29 is 66.7 Å². The first-order chi connectivity index (χ1) is 23.6. The number of benzene rings is 2. The van der Waals surface area contributed by atoms with E-state index in [1.165, 1.54) is 58.6 Å². The number of likely N-dealkylation sites (N-methyl/N-ethyl adjacent to an activating group) is 2. The molecule has 0 radical (unpaired) electrons. The maximum atomic E-state index is 11.5. The van der Waals surface area contributed by atoms with Gasteiger partial charge in [-0.05, 0) is 38.8 Å². The molecule has 0 unspecified atom stereocenters. The number of aliphatic imine (C=N–C) groups is 2. The minimum absolute atomic E-state index is 0.